The Kier molecular flexibility index (Phi) is 3.32. The van der Waals surface area contributed by atoms with Crippen LogP contribution < -0.4 is 0 Å². The number of carboxylic acid groups (broad SMARTS) is 1. The van der Waals surface area contributed by atoms with Crippen LogP contribution in [-0.2, 0) is 4.79 Å². The van der Waals surface area contributed by atoms with E-state index in [0.717, 1.165) is 0 Å². The van der Waals surface area contributed by atoms with Gasteiger partial charge in [-0.1, -0.05) is 25.8 Å². The molecule has 2 heteroatoms. The molecule has 0 aliphatic heterocycles. The molecule has 1 fully saturated rings. The molecule has 1 saturated carbocycles. The molecule has 0 amide bonds. The molecular formula is C10H16O2. The molecule has 0 unspecified atom stereocenters. The van der Waals surface area contributed by atoms with Gasteiger partial charge in [0.2, 0.25) is 0 Å². The summed E-state index contributed by atoms with van der Waals surface area (Å²) in [4.78, 5) is 10.6. The number of carboxylic acids is 1. The monoisotopic (exact) mass is 168 g/mol. The van der Waals surface area contributed by atoms with Gasteiger partial charge in [-0.2, -0.15) is 0 Å². The summed E-state index contributed by atoms with van der Waals surface area (Å²) in [7, 11) is 0. The Morgan fingerprint density at radius 3 is 2.50 bits per heavy atom. The molecule has 1 aliphatic rings. The smallest absolute Gasteiger partial charge is 0.331 e. The van der Waals surface area contributed by atoms with E-state index in [1.807, 2.05) is 13.0 Å². The molecule has 0 spiro atoms. The highest BCUT2D eigenvalue weighted by atomic mass is 16.4. The van der Waals surface area contributed by atoms with Crippen molar-refractivity contribution < 1.29 is 9.90 Å². The molecule has 0 atom stereocenters. The maximum atomic E-state index is 10.6. The Labute approximate surface area is 73.3 Å². The molecule has 1 aliphatic carbocycles. The van der Waals surface area contributed by atoms with E-state index in [1.54, 1.807) is 0 Å². The third-order valence-electron chi connectivity index (χ3n) is 2.49. The molecule has 0 bridgehead atoms. The van der Waals surface area contributed by atoms with Gasteiger partial charge >= 0.3 is 5.97 Å². The average Bonchev–Trinajstić information content (AvgIpc) is 2.51. The third-order valence-corrected chi connectivity index (χ3v) is 2.49. The zero-order valence-electron chi connectivity index (χ0n) is 7.55. The highest BCUT2D eigenvalue weighted by Gasteiger charge is 2.14. The Hall–Kier alpha value is -0.790. The number of rotatable bonds is 3. The van der Waals surface area contributed by atoms with Crippen LogP contribution >= 0.6 is 0 Å². The summed E-state index contributed by atoms with van der Waals surface area (Å²) >= 11 is 0. The summed E-state index contributed by atoms with van der Waals surface area (Å²) in [5, 5.41) is 8.77. The molecule has 68 valence electrons. The first kappa shape index (κ1) is 9.30. The van der Waals surface area contributed by atoms with E-state index in [-0.39, 0.29) is 0 Å². The van der Waals surface area contributed by atoms with Crippen molar-refractivity contribution >= 4 is 5.97 Å². The van der Waals surface area contributed by atoms with Crippen molar-refractivity contribution in [2.75, 3.05) is 0 Å². The van der Waals surface area contributed by atoms with Crippen molar-refractivity contribution in [2.24, 2.45) is 5.92 Å². The van der Waals surface area contributed by atoms with Gasteiger partial charge in [0.05, 0.1) is 0 Å². The van der Waals surface area contributed by atoms with Crippen LogP contribution in [-0.4, -0.2) is 11.1 Å². The molecule has 0 radical (unpaired) electrons. The quantitative estimate of drug-likeness (QED) is 0.658. The molecule has 1 N–H and O–H groups in total. The summed E-state index contributed by atoms with van der Waals surface area (Å²) in [6, 6.07) is 0. The average molecular weight is 168 g/mol. The highest BCUT2D eigenvalue weighted by molar-refractivity contribution is 5.86. The number of aliphatic carboxylic acids is 1. The fourth-order valence-electron chi connectivity index (χ4n) is 1.75. The van der Waals surface area contributed by atoms with Crippen LogP contribution in [0.5, 0.6) is 0 Å². The number of allylic oxidation sites excluding steroid dienone is 1. The van der Waals surface area contributed by atoms with Crippen LogP contribution in [0, 0.1) is 5.92 Å². The summed E-state index contributed by atoms with van der Waals surface area (Å²) < 4.78 is 0. The topological polar surface area (TPSA) is 37.3 Å². The molecule has 0 saturated heterocycles. The zero-order valence-corrected chi connectivity index (χ0v) is 7.55. The predicted molar refractivity (Wildman–Crippen MR) is 48.0 cm³/mol. The van der Waals surface area contributed by atoms with Crippen molar-refractivity contribution in [3.8, 4) is 0 Å². The van der Waals surface area contributed by atoms with Gasteiger partial charge in [0, 0.05) is 5.57 Å². The van der Waals surface area contributed by atoms with Gasteiger partial charge in [-0.3, -0.25) is 0 Å². The Morgan fingerprint density at radius 1 is 1.50 bits per heavy atom. The van der Waals surface area contributed by atoms with Gasteiger partial charge in [-0.25, -0.2) is 4.79 Å². The lowest BCUT2D eigenvalue weighted by Gasteiger charge is -2.03. The van der Waals surface area contributed by atoms with Crippen LogP contribution in [0.2, 0.25) is 0 Å². The summed E-state index contributed by atoms with van der Waals surface area (Å²) in [6.45, 7) is 1.90. The van der Waals surface area contributed by atoms with Gasteiger partial charge in [-0.15, -0.1) is 0 Å². The maximum Gasteiger partial charge on any atom is 0.331 e. The van der Waals surface area contributed by atoms with E-state index in [9.17, 15) is 4.79 Å². The van der Waals surface area contributed by atoms with Crippen LogP contribution in [0.1, 0.15) is 39.0 Å². The number of hydrogen-bond acceptors (Lipinski definition) is 1. The fraction of sp³-hybridized carbons (Fsp3) is 0.700. The standard InChI is InChI=1S/C10H16O2/c1-2-9(10(11)12)7-8-5-3-4-6-8/h7-8H,2-6H2,1H3,(H,11,12). The van der Waals surface area contributed by atoms with Gasteiger partial charge in [0.15, 0.2) is 0 Å². The minimum Gasteiger partial charge on any atom is -0.478 e. The van der Waals surface area contributed by atoms with Crippen molar-refractivity contribution in [1.82, 2.24) is 0 Å². The minimum absolute atomic E-state index is 0.538. The number of carbonyl (C=O) groups is 1. The first-order chi connectivity index (χ1) is 5.74. The van der Waals surface area contributed by atoms with E-state index in [0.29, 0.717) is 17.9 Å². The largest absolute Gasteiger partial charge is 0.478 e. The lowest BCUT2D eigenvalue weighted by Crippen LogP contribution is -2.01. The zero-order chi connectivity index (χ0) is 8.97. The van der Waals surface area contributed by atoms with Crippen molar-refractivity contribution in [3.05, 3.63) is 11.6 Å². The molecule has 2 nitrogen and oxygen atoms in total. The summed E-state index contributed by atoms with van der Waals surface area (Å²) in [5.41, 5.74) is 0.585. The first-order valence-electron chi connectivity index (χ1n) is 4.68. The Balaban J connectivity index is 2.56. The summed E-state index contributed by atoms with van der Waals surface area (Å²) in [6.07, 6.45) is 7.48. The highest BCUT2D eigenvalue weighted by Crippen LogP contribution is 2.27. The van der Waals surface area contributed by atoms with Crippen molar-refractivity contribution in [1.29, 1.82) is 0 Å². The Bertz CT molecular complexity index is 188. The van der Waals surface area contributed by atoms with Gasteiger partial charge in [0.1, 0.15) is 0 Å². The van der Waals surface area contributed by atoms with Crippen molar-refractivity contribution in [2.45, 2.75) is 39.0 Å². The molecule has 0 heterocycles. The van der Waals surface area contributed by atoms with E-state index in [4.69, 9.17) is 5.11 Å². The number of hydrogen-bond donors (Lipinski definition) is 1. The lowest BCUT2D eigenvalue weighted by atomic mass is 10.0. The second kappa shape index (κ2) is 4.29. The molecular weight excluding hydrogens is 152 g/mol. The lowest BCUT2D eigenvalue weighted by molar-refractivity contribution is -0.132. The van der Waals surface area contributed by atoms with Gasteiger partial charge < -0.3 is 5.11 Å². The normalized spacial score (nSPS) is 19.9. The Morgan fingerprint density at radius 2 is 2.08 bits per heavy atom. The molecule has 0 aromatic carbocycles. The molecule has 1 rings (SSSR count). The van der Waals surface area contributed by atoms with Crippen LogP contribution in [0.25, 0.3) is 0 Å². The van der Waals surface area contributed by atoms with E-state index in [1.165, 1.54) is 25.7 Å². The molecule has 12 heavy (non-hydrogen) atoms. The molecule has 0 aromatic heterocycles. The fourth-order valence-corrected chi connectivity index (χ4v) is 1.75. The minimum atomic E-state index is -0.746. The third kappa shape index (κ3) is 2.36. The van der Waals surface area contributed by atoms with Crippen LogP contribution in [0.3, 0.4) is 0 Å². The van der Waals surface area contributed by atoms with E-state index >= 15 is 0 Å². The first-order valence-corrected chi connectivity index (χ1v) is 4.68. The van der Waals surface area contributed by atoms with E-state index in [2.05, 4.69) is 0 Å². The van der Waals surface area contributed by atoms with Gasteiger partial charge in [0.25, 0.3) is 0 Å². The SMILES string of the molecule is CCC(=CC1CCCC1)C(=O)O. The van der Waals surface area contributed by atoms with Gasteiger partial charge in [-0.05, 0) is 25.2 Å². The maximum absolute atomic E-state index is 10.6. The second-order valence-electron chi connectivity index (χ2n) is 3.40. The second-order valence-corrected chi connectivity index (χ2v) is 3.40. The van der Waals surface area contributed by atoms with Crippen LogP contribution in [0.4, 0.5) is 0 Å². The predicted octanol–water partition coefficient (Wildman–Crippen LogP) is 2.60. The van der Waals surface area contributed by atoms with Crippen LogP contribution in [0.15, 0.2) is 11.6 Å². The summed E-state index contributed by atoms with van der Waals surface area (Å²) in [5.74, 6) is -0.208. The van der Waals surface area contributed by atoms with E-state index < -0.39 is 5.97 Å². The molecule has 0 aromatic rings. The van der Waals surface area contributed by atoms with Crippen molar-refractivity contribution in [3.63, 3.8) is 0 Å².